The normalized spacial score (nSPS) is 17.5. The van der Waals surface area contributed by atoms with Gasteiger partial charge in [-0.15, -0.1) is 0 Å². The Kier molecular flexibility index (Phi) is 7.04. The number of fused-ring (bicyclic) bond motifs is 8. The van der Waals surface area contributed by atoms with E-state index in [1.807, 2.05) is 0 Å². The van der Waals surface area contributed by atoms with Gasteiger partial charge in [0.15, 0.2) is 0 Å². The van der Waals surface area contributed by atoms with Crippen molar-refractivity contribution in [3.63, 3.8) is 0 Å². The van der Waals surface area contributed by atoms with Crippen LogP contribution in [0, 0.1) is 22.7 Å². The van der Waals surface area contributed by atoms with Gasteiger partial charge in [0.25, 0.3) is 0 Å². The van der Waals surface area contributed by atoms with E-state index in [2.05, 4.69) is 217 Å². The lowest BCUT2D eigenvalue weighted by atomic mass is 9.59. The Morgan fingerprint density at radius 2 is 0.634 bits per heavy atom. The molecule has 3 nitrogen and oxygen atoms in total. The van der Waals surface area contributed by atoms with Gasteiger partial charge >= 0.3 is 0 Å². The molecular weight excluding hydrogens is 859 g/mol. The molecule has 4 bridgehead atoms. The van der Waals surface area contributed by atoms with E-state index in [1.165, 1.54) is 121 Å². The molecule has 2 aromatic heterocycles. The van der Waals surface area contributed by atoms with E-state index in [4.69, 9.17) is 0 Å². The molecule has 0 fully saturated rings. The number of hydrogen-bond donors (Lipinski definition) is 0. The van der Waals surface area contributed by atoms with Crippen LogP contribution >= 0.6 is 0 Å². The van der Waals surface area contributed by atoms with E-state index in [-0.39, 0.29) is 23.7 Å². The quantitative estimate of drug-likeness (QED) is 0.174. The zero-order valence-corrected chi connectivity index (χ0v) is 38.2. The first-order chi connectivity index (χ1) is 35.2. The van der Waals surface area contributed by atoms with E-state index < -0.39 is 0 Å². The van der Waals surface area contributed by atoms with Crippen molar-refractivity contribution in [2.24, 2.45) is 0 Å². The summed E-state index contributed by atoms with van der Waals surface area (Å²) >= 11 is 0. The summed E-state index contributed by atoms with van der Waals surface area (Å²) in [6.45, 7) is 0. The van der Waals surface area contributed by atoms with Crippen molar-refractivity contribution in [1.82, 2.24) is 4.40 Å². The second kappa shape index (κ2) is 13.3. The molecule has 0 unspecified atom stereocenters. The Balaban J connectivity index is 1.16. The summed E-state index contributed by atoms with van der Waals surface area (Å²) < 4.78 is 2.50. The van der Waals surface area contributed by atoms with Gasteiger partial charge in [0.2, 0.25) is 0 Å². The van der Waals surface area contributed by atoms with Crippen LogP contribution in [0.5, 0.6) is 0 Å². The molecule has 71 heavy (non-hydrogen) atoms. The predicted octanol–water partition coefficient (Wildman–Crippen LogP) is 16.2. The average molecular weight is 896 g/mol. The molecule has 6 aliphatic carbocycles. The van der Waals surface area contributed by atoms with E-state index >= 15 is 0 Å². The largest absolute Gasteiger partial charge is 0.308 e. The maximum absolute atomic E-state index is 11.6. The maximum atomic E-state index is 11.6. The molecule has 0 N–H and O–H groups in total. The molecule has 19 rings (SSSR count). The highest BCUT2D eigenvalue weighted by Gasteiger charge is 2.47. The average Bonchev–Trinajstić information content (AvgIpc) is 3.97. The molecule has 0 radical (unpaired) electrons. The molecule has 0 saturated heterocycles. The van der Waals surface area contributed by atoms with Crippen molar-refractivity contribution in [1.29, 1.82) is 10.5 Å². The van der Waals surface area contributed by atoms with Crippen LogP contribution in [0.2, 0.25) is 0 Å². The van der Waals surface area contributed by atoms with Crippen molar-refractivity contribution >= 4 is 59.6 Å². The smallest absolute Gasteiger partial charge is 0.0995 e. The SMILES string of the molecule is N#Cc1cc2c(c3c1C1c4ccccc4C3c3ccccc31)c1c(-c3cccc4ccccc34)cc(-c3cccc4ccccc34)c3c4c5c(c(C#N)cc4n2c13)C1c2ccccc2C5c2ccccc21. The Hall–Kier alpha value is -9.28. The molecule has 3 heteroatoms. The molecule has 13 aromatic rings. The summed E-state index contributed by atoms with van der Waals surface area (Å²) in [5, 5.41) is 32.7. The van der Waals surface area contributed by atoms with Gasteiger partial charge in [0.1, 0.15) is 0 Å². The van der Waals surface area contributed by atoms with Crippen molar-refractivity contribution in [3.8, 4) is 34.4 Å². The Labute approximate surface area is 408 Å². The lowest BCUT2D eigenvalue weighted by Gasteiger charge is -2.43. The summed E-state index contributed by atoms with van der Waals surface area (Å²) in [7, 11) is 0. The van der Waals surface area contributed by atoms with Crippen LogP contribution in [0.1, 0.15) is 102 Å². The van der Waals surface area contributed by atoms with Gasteiger partial charge in [-0.2, -0.15) is 10.5 Å². The van der Waals surface area contributed by atoms with Gasteiger partial charge in [0.05, 0.1) is 39.8 Å². The highest BCUT2D eigenvalue weighted by atomic mass is 14.9. The lowest BCUT2D eigenvalue weighted by molar-refractivity contribution is 0.758. The van der Waals surface area contributed by atoms with Gasteiger partial charge in [0, 0.05) is 45.2 Å². The third kappa shape index (κ3) is 4.46. The van der Waals surface area contributed by atoms with Crippen LogP contribution in [0.25, 0.3) is 81.9 Å². The fourth-order valence-corrected chi connectivity index (χ4v) is 14.9. The molecule has 2 heterocycles. The number of rotatable bonds is 2. The fraction of sp³-hybridized carbons (Fsp3) is 0.0588. The second-order valence-corrected chi connectivity index (χ2v) is 20.2. The molecule has 324 valence electrons. The van der Waals surface area contributed by atoms with E-state index in [1.54, 1.807) is 0 Å². The first-order valence-electron chi connectivity index (χ1n) is 24.8. The van der Waals surface area contributed by atoms with Crippen LogP contribution in [-0.2, 0) is 0 Å². The van der Waals surface area contributed by atoms with Gasteiger partial charge < -0.3 is 4.40 Å². The molecule has 0 atom stereocenters. The topological polar surface area (TPSA) is 52.0 Å². The summed E-state index contributed by atoms with van der Waals surface area (Å²) in [5.41, 5.74) is 24.4. The van der Waals surface area contributed by atoms with Crippen LogP contribution in [0.3, 0.4) is 0 Å². The Morgan fingerprint density at radius 3 is 1.00 bits per heavy atom. The highest BCUT2D eigenvalue weighted by molar-refractivity contribution is 6.33. The lowest BCUT2D eigenvalue weighted by Crippen LogP contribution is -2.28. The number of nitrogens with zero attached hydrogens (tertiary/aromatic N) is 3. The number of benzene rings is 11. The van der Waals surface area contributed by atoms with Crippen LogP contribution in [-0.4, -0.2) is 4.40 Å². The van der Waals surface area contributed by atoms with E-state index in [9.17, 15) is 10.5 Å². The minimum absolute atomic E-state index is 0.0837. The number of nitriles is 2. The first kappa shape index (κ1) is 37.7. The number of hydrogen-bond acceptors (Lipinski definition) is 2. The van der Waals surface area contributed by atoms with Crippen LogP contribution in [0.15, 0.2) is 200 Å². The fourth-order valence-electron chi connectivity index (χ4n) is 14.9. The van der Waals surface area contributed by atoms with E-state index in [0.29, 0.717) is 11.1 Å². The monoisotopic (exact) mass is 895 g/mol. The van der Waals surface area contributed by atoms with Crippen molar-refractivity contribution < 1.29 is 0 Å². The highest BCUT2D eigenvalue weighted by Crippen LogP contribution is 2.64. The number of aromatic nitrogens is 1. The summed E-state index contributed by atoms with van der Waals surface area (Å²) in [4.78, 5) is 0. The zero-order valence-electron chi connectivity index (χ0n) is 38.2. The molecule has 0 saturated carbocycles. The predicted molar refractivity (Wildman–Crippen MR) is 286 cm³/mol. The molecule has 6 aliphatic rings. The molecular formula is C68H37N3. The van der Waals surface area contributed by atoms with Gasteiger partial charge in [-0.1, -0.05) is 182 Å². The van der Waals surface area contributed by atoms with Gasteiger partial charge in [-0.05, 0) is 129 Å². The minimum atomic E-state index is -0.0848. The standard InChI is InChI=1S/C68H37N3/c69-34-38-31-54-64(66-56(38)58-44-21-5-9-25-48(44)60(66)49-26-10-6-22-45(49)58)62-52(42-29-13-17-36-15-1-3-19-40(36)42)33-53(43-30-14-18-37-16-2-4-20-41(37)43)63-65-55(71(54)68(62)63)32-39(35-70)57-59-46-23-7-11-27-50(46)61(67(57)65)51-28-12-8-24-47(51)59/h1-33,58-61H. The summed E-state index contributed by atoms with van der Waals surface area (Å²) in [6, 6.07) is 79.4. The first-order valence-corrected chi connectivity index (χ1v) is 24.8. The van der Waals surface area contributed by atoms with Crippen LogP contribution in [0.4, 0.5) is 0 Å². The third-order valence-corrected chi connectivity index (χ3v) is 17.3. The van der Waals surface area contributed by atoms with Crippen molar-refractivity contribution in [2.75, 3.05) is 0 Å². The summed E-state index contributed by atoms with van der Waals surface area (Å²) in [5.74, 6) is -0.337. The maximum Gasteiger partial charge on any atom is 0.0995 e. The molecule has 0 amide bonds. The van der Waals surface area contributed by atoms with Crippen molar-refractivity contribution in [3.05, 3.63) is 278 Å². The summed E-state index contributed by atoms with van der Waals surface area (Å²) in [6.07, 6.45) is 0. The van der Waals surface area contributed by atoms with Crippen LogP contribution < -0.4 is 0 Å². The van der Waals surface area contributed by atoms with Gasteiger partial charge in [-0.3, -0.25) is 0 Å². The third-order valence-electron chi connectivity index (χ3n) is 17.3. The minimum Gasteiger partial charge on any atom is -0.308 e. The van der Waals surface area contributed by atoms with Gasteiger partial charge in [-0.25, -0.2) is 0 Å². The molecule has 0 spiro atoms. The van der Waals surface area contributed by atoms with Crippen molar-refractivity contribution in [2.45, 2.75) is 23.7 Å². The Morgan fingerprint density at radius 1 is 0.310 bits per heavy atom. The second-order valence-electron chi connectivity index (χ2n) is 20.2. The zero-order chi connectivity index (χ0) is 46.4. The molecule has 11 aromatic carbocycles. The Bertz CT molecular complexity index is 4310. The molecule has 0 aliphatic heterocycles. The van der Waals surface area contributed by atoms with E-state index in [0.717, 1.165) is 27.7 Å².